The summed E-state index contributed by atoms with van der Waals surface area (Å²) in [7, 11) is 1.97. The minimum absolute atomic E-state index is 0.188. The van der Waals surface area contributed by atoms with Gasteiger partial charge in [-0.15, -0.1) is 10.2 Å². The molecule has 1 aliphatic rings. The first-order valence-electron chi connectivity index (χ1n) is 10.3. The van der Waals surface area contributed by atoms with Crippen LogP contribution in [0.5, 0.6) is 5.75 Å². The molecule has 3 rings (SSSR count). The number of aromatic nitrogens is 3. The average molecular weight is 385 g/mol. The molecule has 0 bridgehead atoms. The molecule has 1 aliphatic heterocycles. The number of fused-ring (bicyclic) bond motifs is 1. The number of benzene rings is 1. The van der Waals surface area contributed by atoms with E-state index in [9.17, 15) is 0 Å². The largest absolute Gasteiger partial charge is 0.493 e. The fourth-order valence-electron chi connectivity index (χ4n) is 3.31. The lowest BCUT2D eigenvalue weighted by atomic mass is 10.0. The highest BCUT2D eigenvalue weighted by Crippen LogP contribution is 2.31. The highest BCUT2D eigenvalue weighted by molar-refractivity contribution is 5.80. The number of aryl methyl sites for hydroxylation is 1. The van der Waals surface area contributed by atoms with Crippen LogP contribution in [0.3, 0.4) is 0 Å². The summed E-state index contributed by atoms with van der Waals surface area (Å²) in [6, 6.07) is 8.41. The Morgan fingerprint density at radius 2 is 2.11 bits per heavy atom. The van der Waals surface area contributed by atoms with Crippen LogP contribution in [-0.2, 0) is 13.6 Å². The van der Waals surface area contributed by atoms with Crippen LogP contribution < -0.4 is 15.4 Å². The van der Waals surface area contributed by atoms with E-state index in [-0.39, 0.29) is 6.04 Å². The Morgan fingerprint density at radius 1 is 1.25 bits per heavy atom. The van der Waals surface area contributed by atoms with Crippen molar-refractivity contribution in [2.75, 3.05) is 13.2 Å². The van der Waals surface area contributed by atoms with Crippen molar-refractivity contribution >= 4 is 5.96 Å². The maximum atomic E-state index is 5.79. The van der Waals surface area contributed by atoms with E-state index >= 15 is 0 Å². The molecule has 28 heavy (non-hydrogen) atoms. The Labute approximate surface area is 167 Å². The van der Waals surface area contributed by atoms with Crippen molar-refractivity contribution < 1.29 is 4.74 Å². The third-order valence-electron chi connectivity index (χ3n) is 5.15. The van der Waals surface area contributed by atoms with Gasteiger partial charge in [-0.2, -0.15) is 0 Å². The second-order valence-electron chi connectivity index (χ2n) is 7.25. The third-order valence-corrected chi connectivity index (χ3v) is 5.15. The number of hydrogen-bond acceptors (Lipinski definition) is 4. The fraction of sp³-hybridized carbons (Fsp3) is 0.571. The zero-order valence-electron chi connectivity index (χ0n) is 17.2. The lowest BCUT2D eigenvalue weighted by Gasteiger charge is -2.28. The monoisotopic (exact) mass is 384 g/mol. The molecule has 0 saturated carbocycles. The van der Waals surface area contributed by atoms with E-state index in [0.29, 0.717) is 13.2 Å². The molecule has 0 fully saturated rings. The molecule has 1 atom stereocenters. The van der Waals surface area contributed by atoms with Crippen molar-refractivity contribution in [3.8, 4) is 5.75 Å². The van der Waals surface area contributed by atoms with Crippen LogP contribution in [-0.4, -0.2) is 33.9 Å². The zero-order valence-corrected chi connectivity index (χ0v) is 17.2. The van der Waals surface area contributed by atoms with Crippen molar-refractivity contribution in [2.45, 2.75) is 58.5 Å². The lowest BCUT2D eigenvalue weighted by Crippen LogP contribution is -2.41. The van der Waals surface area contributed by atoms with Crippen LogP contribution in [0, 0.1) is 6.92 Å². The Kier molecular flexibility index (Phi) is 7.28. The maximum absolute atomic E-state index is 5.79. The smallest absolute Gasteiger partial charge is 0.192 e. The summed E-state index contributed by atoms with van der Waals surface area (Å²) < 4.78 is 7.76. The summed E-state index contributed by atoms with van der Waals surface area (Å²) in [5.41, 5.74) is 1.18. The number of aliphatic imine (C=N–C) groups is 1. The third kappa shape index (κ3) is 5.24. The first-order valence-corrected chi connectivity index (χ1v) is 10.3. The van der Waals surface area contributed by atoms with Gasteiger partial charge in [0.25, 0.3) is 0 Å². The predicted molar refractivity (Wildman–Crippen MR) is 111 cm³/mol. The molecule has 2 aromatic rings. The number of para-hydroxylation sites is 1. The molecule has 1 aromatic heterocycles. The molecule has 0 amide bonds. The predicted octanol–water partition coefficient (Wildman–Crippen LogP) is 3.26. The van der Waals surface area contributed by atoms with Crippen LogP contribution in [0.2, 0.25) is 0 Å². The van der Waals surface area contributed by atoms with E-state index in [0.717, 1.165) is 42.7 Å². The zero-order chi connectivity index (χ0) is 19.8. The first kappa shape index (κ1) is 20.2. The number of nitrogens with one attached hydrogen (secondary N) is 2. The van der Waals surface area contributed by atoms with Crippen molar-refractivity contribution in [3.63, 3.8) is 0 Å². The summed E-state index contributed by atoms with van der Waals surface area (Å²) >= 11 is 0. The van der Waals surface area contributed by atoms with E-state index in [2.05, 4.69) is 39.9 Å². The molecule has 1 unspecified atom stereocenters. The number of ether oxygens (including phenoxy) is 1. The number of unbranched alkanes of at least 4 members (excludes halogenated alkanes) is 3. The molecular formula is C21H32N6O. The molecule has 2 heterocycles. The van der Waals surface area contributed by atoms with Gasteiger partial charge in [0.15, 0.2) is 11.8 Å². The van der Waals surface area contributed by atoms with Gasteiger partial charge in [-0.3, -0.25) is 0 Å². The lowest BCUT2D eigenvalue weighted by molar-refractivity contribution is 0.261. The Balaban J connectivity index is 1.69. The Hall–Kier alpha value is -2.57. The summed E-state index contributed by atoms with van der Waals surface area (Å²) in [6.07, 6.45) is 5.80. The van der Waals surface area contributed by atoms with E-state index in [1.165, 1.54) is 24.8 Å². The van der Waals surface area contributed by atoms with Gasteiger partial charge in [0, 0.05) is 25.6 Å². The van der Waals surface area contributed by atoms with Gasteiger partial charge in [-0.05, 0) is 19.4 Å². The molecule has 0 radical (unpaired) electrons. The quantitative estimate of drug-likeness (QED) is 0.415. The highest BCUT2D eigenvalue weighted by Gasteiger charge is 2.22. The summed E-state index contributed by atoms with van der Waals surface area (Å²) in [4.78, 5) is 4.78. The van der Waals surface area contributed by atoms with E-state index in [1.807, 2.05) is 30.7 Å². The summed E-state index contributed by atoms with van der Waals surface area (Å²) in [5, 5.41) is 15.4. The van der Waals surface area contributed by atoms with Gasteiger partial charge in [0.05, 0.1) is 12.6 Å². The van der Waals surface area contributed by atoms with Crippen LogP contribution in [0.4, 0.5) is 0 Å². The SMILES string of the molecule is CCCCCCNC(=NCc1nnc(C)n1C)NC1CCOc2ccccc21. The molecule has 0 spiro atoms. The van der Waals surface area contributed by atoms with Crippen molar-refractivity contribution in [1.29, 1.82) is 0 Å². The number of nitrogens with zero attached hydrogens (tertiary/aromatic N) is 4. The van der Waals surface area contributed by atoms with Crippen molar-refractivity contribution in [3.05, 3.63) is 41.5 Å². The Morgan fingerprint density at radius 3 is 2.89 bits per heavy atom. The van der Waals surface area contributed by atoms with E-state index in [4.69, 9.17) is 9.73 Å². The fourth-order valence-corrected chi connectivity index (χ4v) is 3.31. The minimum Gasteiger partial charge on any atom is -0.493 e. The molecule has 1 aromatic carbocycles. The number of hydrogen-bond donors (Lipinski definition) is 2. The van der Waals surface area contributed by atoms with Gasteiger partial charge in [0.2, 0.25) is 0 Å². The minimum atomic E-state index is 0.188. The van der Waals surface area contributed by atoms with Gasteiger partial charge in [-0.25, -0.2) is 4.99 Å². The van der Waals surface area contributed by atoms with Crippen LogP contribution in [0.1, 0.15) is 62.3 Å². The number of guanidine groups is 1. The normalized spacial score (nSPS) is 16.4. The van der Waals surface area contributed by atoms with Gasteiger partial charge in [0.1, 0.15) is 18.1 Å². The first-order chi connectivity index (χ1) is 13.7. The molecule has 152 valence electrons. The van der Waals surface area contributed by atoms with Crippen LogP contribution in [0.15, 0.2) is 29.3 Å². The molecule has 7 heteroatoms. The second-order valence-corrected chi connectivity index (χ2v) is 7.25. The summed E-state index contributed by atoms with van der Waals surface area (Å²) in [6.45, 7) is 6.29. The maximum Gasteiger partial charge on any atom is 0.192 e. The van der Waals surface area contributed by atoms with Gasteiger partial charge in [-0.1, -0.05) is 44.4 Å². The van der Waals surface area contributed by atoms with Gasteiger partial charge < -0.3 is 19.9 Å². The van der Waals surface area contributed by atoms with Crippen molar-refractivity contribution in [1.82, 2.24) is 25.4 Å². The highest BCUT2D eigenvalue weighted by atomic mass is 16.5. The molecule has 2 N–H and O–H groups in total. The number of rotatable bonds is 8. The van der Waals surface area contributed by atoms with Gasteiger partial charge >= 0.3 is 0 Å². The standard InChI is InChI=1S/C21H32N6O/c1-4-5-6-9-13-22-21(23-15-20-26-25-16(2)27(20)3)24-18-12-14-28-19-11-8-7-10-17(18)19/h7-8,10-11,18H,4-6,9,12-15H2,1-3H3,(H2,22,23,24). The van der Waals surface area contributed by atoms with E-state index < -0.39 is 0 Å². The Bertz CT molecular complexity index is 785. The summed E-state index contributed by atoms with van der Waals surface area (Å²) in [5.74, 6) is 3.53. The topological polar surface area (TPSA) is 76.4 Å². The molecular weight excluding hydrogens is 352 g/mol. The van der Waals surface area contributed by atoms with Crippen LogP contribution >= 0.6 is 0 Å². The van der Waals surface area contributed by atoms with E-state index in [1.54, 1.807) is 0 Å². The average Bonchev–Trinajstić information content (AvgIpc) is 3.04. The molecule has 0 saturated heterocycles. The second kappa shape index (κ2) is 10.1. The van der Waals surface area contributed by atoms with Crippen molar-refractivity contribution in [2.24, 2.45) is 12.0 Å². The van der Waals surface area contributed by atoms with Crippen LogP contribution in [0.25, 0.3) is 0 Å². The molecule has 7 nitrogen and oxygen atoms in total. The molecule has 0 aliphatic carbocycles.